The van der Waals surface area contributed by atoms with Crippen LogP contribution >= 0.6 is 0 Å². The molecule has 1 atom stereocenters. The van der Waals surface area contributed by atoms with Gasteiger partial charge in [0.15, 0.2) is 0 Å². The molecule has 2 aromatic heterocycles. The Kier molecular flexibility index (Phi) is 5.78. The highest BCUT2D eigenvalue weighted by Crippen LogP contribution is 2.30. The van der Waals surface area contributed by atoms with Crippen LogP contribution < -0.4 is 15.8 Å². The molecule has 0 spiro atoms. The lowest BCUT2D eigenvalue weighted by molar-refractivity contribution is -0.123. The third-order valence-electron chi connectivity index (χ3n) is 5.24. The number of ether oxygens (including phenoxy) is 2. The summed E-state index contributed by atoms with van der Waals surface area (Å²) < 4.78 is 11.4. The van der Waals surface area contributed by atoms with Crippen molar-refractivity contribution in [3.05, 3.63) is 53.9 Å². The van der Waals surface area contributed by atoms with E-state index in [1.165, 1.54) is 0 Å². The number of nitrogens with one attached hydrogen (secondary N) is 2. The van der Waals surface area contributed by atoms with E-state index in [-0.39, 0.29) is 11.9 Å². The lowest BCUT2D eigenvalue weighted by atomic mass is 10.0. The predicted octanol–water partition coefficient (Wildman–Crippen LogP) is 2.83. The Morgan fingerprint density at radius 2 is 2.07 bits per heavy atom. The maximum absolute atomic E-state index is 12.3. The van der Waals surface area contributed by atoms with Crippen molar-refractivity contribution in [2.75, 3.05) is 13.2 Å². The Morgan fingerprint density at radius 1 is 1.31 bits per heavy atom. The Labute approximate surface area is 169 Å². The van der Waals surface area contributed by atoms with Crippen LogP contribution in [0.1, 0.15) is 24.0 Å². The number of aryl methyl sites for hydroxylation is 1. The third-order valence-corrected chi connectivity index (χ3v) is 5.24. The van der Waals surface area contributed by atoms with E-state index < -0.39 is 6.04 Å². The second-order valence-corrected chi connectivity index (χ2v) is 7.46. The molecule has 1 aliphatic heterocycles. The molecule has 4 rings (SSSR count). The van der Waals surface area contributed by atoms with Gasteiger partial charge in [0.1, 0.15) is 17.1 Å². The van der Waals surface area contributed by atoms with Gasteiger partial charge in [-0.15, -0.1) is 0 Å². The molecule has 0 saturated carbocycles. The number of carbonyl (C=O) groups excluding carboxylic acids is 1. The molecule has 0 bridgehead atoms. The average Bonchev–Trinajstić information content (AvgIpc) is 3.12. The molecule has 152 valence electrons. The SMILES string of the molecule is Cc1c[nH]c2nccc(Oc3ccc(C[C@H](N)C(=O)NC4CCOCC4)cc3)c12. The topological polar surface area (TPSA) is 102 Å². The molecule has 1 aliphatic rings. The molecule has 1 aromatic carbocycles. The Morgan fingerprint density at radius 3 is 2.83 bits per heavy atom. The number of hydrogen-bond acceptors (Lipinski definition) is 5. The van der Waals surface area contributed by atoms with Gasteiger partial charge >= 0.3 is 0 Å². The van der Waals surface area contributed by atoms with E-state index in [4.69, 9.17) is 15.2 Å². The number of pyridine rings is 1. The molecule has 1 fully saturated rings. The lowest BCUT2D eigenvalue weighted by Gasteiger charge is -2.24. The molecular weight excluding hydrogens is 368 g/mol. The fourth-order valence-corrected chi connectivity index (χ4v) is 3.59. The average molecular weight is 394 g/mol. The highest BCUT2D eigenvalue weighted by Gasteiger charge is 2.20. The zero-order valence-electron chi connectivity index (χ0n) is 16.5. The highest BCUT2D eigenvalue weighted by molar-refractivity contribution is 5.86. The summed E-state index contributed by atoms with van der Waals surface area (Å²) >= 11 is 0. The van der Waals surface area contributed by atoms with Crippen molar-refractivity contribution in [1.82, 2.24) is 15.3 Å². The van der Waals surface area contributed by atoms with Crippen molar-refractivity contribution in [2.45, 2.75) is 38.3 Å². The smallest absolute Gasteiger partial charge is 0.237 e. The lowest BCUT2D eigenvalue weighted by Crippen LogP contribution is -2.48. The summed E-state index contributed by atoms with van der Waals surface area (Å²) in [4.78, 5) is 19.8. The minimum atomic E-state index is -0.577. The molecule has 1 saturated heterocycles. The van der Waals surface area contributed by atoms with E-state index in [9.17, 15) is 4.79 Å². The highest BCUT2D eigenvalue weighted by atomic mass is 16.5. The molecule has 0 radical (unpaired) electrons. The van der Waals surface area contributed by atoms with Crippen LogP contribution in [-0.4, -0.2) is 41.2 Å². The Balaban J connectivity index is 1.37. The number of hydrogen-bond donors (Lipinski definition) is 3. The number of aromatic nitrogens is 2. The van der Waals surface area contributed by atoms with Crippen LogP contribution in [-0.2, 0) is 16.0 Å². The number of fused-ring (bicyclic) bond motifs is 1. The van der Waals surface area contributed by atoms with E-state index in [1.807, 2.05) is 43.5 Å². The van der Waals surface area contributed by atoms with Crippen molar-refractivity contribution < 1.29 is 14.3 Å². The van der Waals surface area contributed by atoms with Crippen molar-refractivity contribution in [3.8, 4) is 11.5 Å². The molecule has 7 nitrogen and oxygen atoms in total. The van der Waals surface area contributed by atoms with Crippen LogP contribution in [0.4, 0.5) is 0 Å². The zero-order valence-corrected chi connectivity index (χ0v) is 16.5. The van der Waals surface area contributed by atoms with Crippen LogP contribution in [0.5, 0.6) is 11.5 Å². The number of rotatable bonds is 6. The number of benzene rings is 1. The van der Waals surface area contributed by atoms with E-state index in [0.717, 1.165) is 46.5 Å². The number of aromatic amines is 1. The first-order valence-corrected chi connectivity index (χ1v) is 9.93. The summed E-state index contributed by atoms with van der Waals surface area (Å²) in [5, 5.41) is 4.00. The summed E-state index contributed by atoms with van der Waals surface area (Å²) in [7, 11) is 0. The van der Waals surface area contributed by atoms with Crippen molar-refractivity contribution in [3.63, 3.8) is 0 Å². The van der Waals surface area contributed by atoms with E-state index in [0.29, 0.717) is 19.6 Å². The number of nitrogens with two attached hydrogens (primary N) is 1. The summed E-state index contributed by atoms with van der Waals surface area (Å²) in [6, 6.07) is 9.12. The van der Waals surface area contributed by atoms with E-state index >= 15 is 0 Å². The Bertz CT molecular complexity index is 977. The fourth-order valence-electron chi connectivity index (χ4n) is 3.59. The van der Waals surface area contributed by atoms with Crippen LogP contribution in [0.3, 0.4) is 0 Å². The Hall–Kier alpha value is -2.90. The fraction of sp³-hybridized carbons (Fsp3) is 0.364. The van der Waals surface area contributed by atoms with Gasteiger partial charge in [-0.25, -0.2) is 4.98 Å². The van der Waals surface area contributed by atoms with Gasteiger partial charge < -0.3 is 25.5 Å². The quantitative estimate of drug-likeness (QED) is 0.597. The second-order valence-electron chi connectivity index (χ2n) is 7.46. The standard InChI is InChI=1S/C22H26N4O3/c1-14-13-25-21-20(14)19(6-9-24-21)29-17-4-2-15(3-5-17)12-18(23)22(27)26-16-7-10-28-11-8-16/h2-6,9,13,16,18H,7-8,10-12,23H2,1H3,(H,24,25)(H,26,27)/t18-/m0/s1. The molecule has 0 aliphatic carbocycles. The molecule has 0 unspecified atom stereocenters. The first-order chi connectivity index (χ1) is 14.1. The first kappa shape index (κ1) is 19.4. The van der Waals surface area contributed by atoms with Gasteiger partial charge in [0.25, 0.3) is 0 Å². The first-order valence-electron chi connectivity index (χ1n) is 9.93. The molecule has 29 heavy (non-hydrogen) atoms. The third kappa shape index (κ3) is 4.58. The van der Waals surface area contributed by atoms with Crippen LogP contribution in [0, 0.1) is 6.92 Å². The van der Waals surface area contributed by atoms with Gasteiger partial charge in [-0.2, -0.15) is 0 Å². The van der Waals surface area contributed by atoms with Gasteiger partial charge in [0, 0.05) is 31.6 Å². The van der Waals surface area contributed by atoms with E-state index in [1.54, 1.807) is 6.20 Å². The number of nitrogens with zero attached hydrogens (tertiary/aromatic N) is 1. The molecule has 1 amide bonds. The monoisotopic (exact) mass is 394 g/mol. The molecule has 4 N–H and O–H groups in total. The minimum absolute atomic E-state index is 0.112. The number of carbonyl (C=O) groups is 1. The van der Waals surface area contributed by atoms with Crippen LogP contribution in [0.15, 0.2) is 42.7 Å². The minimum Gasteiger partial charge on any atom is -0.457 e. The maximum Gasteiger partial charge on any atom is 0.237 e. The summed E-state index contributed by atoms with van der Waals surface area (Å²) in [5.74, 6) is 1.37. The van der Waals surface area contributed by atoms with Gasteiger partial charge in [-0.3, -0.25) is 4.79 Å². The zero-order chi connectivity index (χ0) is 20.2. The second kappa shape index (κ2) is 8.63. The summed E-state index contributed by atoms with van der Waals surface area (Å²) in [6.07, 6.45) is 5.80. The van der Waals surface area contributed by atoms with Crippen molar-refractivity contribution in [2.24, 2.45) is 5.73 Å². The number of H-pyrrole nitrogens is 1. The number of amides is 1. The van der Waals surface area contributed by atoms with Gasteiger partial charge in [-0.05, 0) is 55.5 Å². The van der Waals surface area contributed by atoms with Gasteiger partial charge in [0.05, 0.1) is 11.4 Å². The molecule has 3 aromatic rings. The van der Waals surface area contributed by atoms with Gasteiger partial charge in [0.2, 0.25) is 5.91 Å². The predicted molar refractivity (Wildman–Crippen MR) is 111 cm³/mol. The van der Waals surface area contributed by atoms with Gasteiger partial charge in [-0.1, -0.05) is 12.1 Å². The summed E-state index contributed by atoms with van der Waals surface area (Å²) in [5.41, 5.74) is 8.99. The van der Waals surface area contributed by atoms with Crippen LogP contribution in [0.25, 0.3) is 11.0 Å². The molecular formula is C22H26N4O3. The molecule has 7 heteroatoms. The van der Waals surface area contributed by atoms with E-state index in [2.05, 4.69) is 15.3 Å². The molecule has 3 heterocycles. The normalized spacial score (nSPS) is 15.9. The largest absolute Gasteiger partial charge is 0.457 e. The summed E-state index contributed by atoms with van der Waals surface area (Å²) in [6.45, 7) is 3.39. The van der Waals surface area contributed by atoms with Crippen molar-refractivity contribution >= 4 is 16.9 Å². The maximum atomic E-state index is 12.3. The van der Waals surface area contributed by atoms with Crippen LogP contribution in [0.2, 0.25) is 0 Å². The van der Waals surface area contributed by atoms with Crippen molar-refractivity contribution in [1.29, 1.82) is 0 Å².